The van der Waals surface area contributed by atoms with Gasteiger partial charge in [-0.05, 0) is 37.3 Å². The van der Waals surface area contributed by atoms with E-state index in [9.17, 15) is 4.79 Å². The smallest absolute Gasteiger partial charge is 0.344 e. The zero-order chi connectivity index (χ0) is 17.1. The molecule has 3 aromatic rings. The van der Waals surface area contributed by atoms with Crippen molar-refractivity contribution in [3.05, 3.63) is 53.7 Å². The van der Waals surface area contributed by atoms with Gasteiger partial charge in [0.2, 0.25) is 5.88 Å². The molecule has 0 saturated heterocycles. The van der Waals surface area contributed by atoms with E-state index in [2.05, 4.69) is 9.97 Å². The van der Waals surface area contributed by atoms with E-state index in [-0.39, 0.29) is 5.88 Å². The zero-order valence-electron chi connectivity index (χ0n) is 12.6. The van der Waals surface area contributed by atoms with Crippen LogP contribution in [0.2, 0.25) is 5.02 Å². The Morgan fingerprint density at radius 2 is 1.92 bits per heavy atom. The lowest BCUT2D eigenvalue weighted by Gasteiger charge is -2.14. The third kappa shape index (κ3) is 3.55. The first-order valence-electron chi connectivity index (χ1n) is 7.11. The van der Waals surface area contributed by atoms with Gasteiger partial charge in [0.1, 0.15) is 0 Å². The Labute approximate surface area is 142 Å². The molecule has 1 heterocycles. The van der Waals surface area contributed by atoms with Crippen LogP contribution in [0, 0.1) is 0 Å². The SMILES string of the molecule is CC(Oc1ccccc1Oc1cnc2cc(Cl)ccc2n1)C(=O)O. The van der Waals surface area contributed by atoms with Gasteiger partial charge in [0.05, 0.1) is 17.2 Å². The molecule has 1 N–H and O–H groups in total. The number of carbonyl (C=O) groups is 1. The van der Waals surface area contributed by atoms with Crippen molar-refractivity contribution < 1.29 is 19.4 Å². The predicted octanol–water partition coefficient (Wildman–Crippen LogP) is 3.93. The zero-order valence-corrected chi connectivity index (χ0v) is 13.4. The van der Waals surface area contributed by atoms with E-state index in [4.69, 9.17) is 26.2 Å². The number of aliphatic carboxylic acids is 1. The van der Waals surface area contributed by atoms with Gasteiger partial charge in [-0.2, -0.15) is 0 Å². The lowest BCUT2D eigenvalue weighted by molar-refractivity contribution is -0.144. The first-order valence-corrected chi connectivity index (χ1v) is 7.49. The van der Waals surface area contributed by atoms with Gasteiger partial charge in [0, 0.05) is 5.02 Å². The average molecular weight is 345 g/mol. The largest absolute Gasteiger partial charge is 0.479 e. The molecule has 1 unspecified atom stereocenters. The predicted molar refractivity (Wildman–Crippen MR) is 88.8 cm³/mol. The second-order valence-electron chi connectivity index (χ2n) is 4.99. The number of ether oxygens (including phenoxy) is 2. The molecule has 0 aliphatic heterocycles. The summed E-state index contributed by atoms with van der Waals surface area (Å²) >= 11 is 5.92. The monoisotopic (exact) mass is 344 g/mol. The molecule has 1 atom stereocenters. The number of aromatic nitrogens is 2. The molecular weight excluding hydrogens is 332 g/mol. The Morgan fingerprint density at radius 3 is 2.67 bits per heavy atom. The van der Waals surface area contributed by atoms with Gasteiger partial charge >= 0.3 is 5.97 Å². The van der Waals surface area contributed by atoms with Crippen LogP contribution in [0.5, 0.6) is 17.4 Å². The van der Waals surface area contributed by atoms with E-state index in [0.717, 1.165) is 0 Å². The first-order chi connectivity index (χ1) is 11.5. The third-order valence-corrected chi connectivity index (χ3v) is 3.43. The summed E-state index contributed by atoms with van der Waals surface area (Å²) in [4.78, 5) is 19.6. The van der Waals surface area contributed by atoms with Gasteiger partial charge in [-0.3, -0.25) is 0 Å². The maximum absolute atomic E-state index is 10.9. The van der Waals surface area contributed by atoms with E-state index in [1.807, 2.05) is 0 Å². The number of carboxylic acid groups (broad SMARTS) is 1. The lowest BCUT2D eigenvalue weighted by Crippen LogP contribution is -2.23. The summed E-state index contributed by atoms with van der Waals surface area (Å²) < 4.78 is 11.1. The molecule has 0 radical (unpaired) electrons. The molecule has 7 heteroatoms. The van der Waals surface area contributed by atoms with Crippen LogP contribution in [0.15, 0.2) is 48.7 Å². The van der Waals surface area contributed by atoms with Crippen molar-refractivity contribution in [3.63, 3.8) is 0 Å². The van der Waals surface area contributed by atoms with Crippen molar-refractivity contribution in [1.29, 1.82) is 0 Å². The number of nitrogens with zero attached hydrogens (tertiary/aromatic N) is 2. The quantitative estimate of drug-likeness (QED) is 0.755. The third-order valence-electron chi connectivity index (χ3n) is 3.20. The lowest BCUT2D eigenvalue weighted by atomic mass is 10.3. The highest BCUT2D eigenvalue weighted by Crippen LogP contribution is 2.31. The number of hydrogen-bond donors (Lipinski definition) is 1. The summed E-state index contributed by atoms with van der Waals surface area (Å²) in [5.74, 6) is -0.130. The van der Waals surface area contributed by atoms with Crippen LogP contribution in [0.1, 0.15) is 6.92 Å². The average Bonchev–Trinajstić information content (AvgIpc) is 2.56. The van der Waals surface area contributed by atoms with E-state index >= 15 is 0 Å². The van der Waals surface area contributed by atoms with Gasteiger partial charge in [-0.25, -0.2) is 14.8 Å². The molecular formula is C17H13ClN2O4. The maximum atomic E-state index is 10.9. The fourth-order valence-electron chi connectivity index (χ4n) is 2.00. The van der Waals surface area contributed by atoms with Crippen LogP contribution in [0.4, 0.5) is 0 Å². The van der Waals surface area contributed by atoms with Crippen molar-refractivity contribution in [2.75, 3.05) is 0 Å². The molecule has 0 saturated carbocycles. The van der Waals surface area contributed by atoms with E-state index in [1.54, 1.807) is 42.5 Å². The summed E-state index contributed by atoms with van der Waals surface area (Å²) in [6, 6.07) is 11.9. The van der Waals surface area contributed by atoms with Crippen LogP contribution in [0.3, 0.4) is 0 Å². The minimum absolute atomic E-state index is 0.267. The number of halogens is 1. The van der Waals surface area contributed by atoms with Gasteiger partial charge in [0.25, 0.3) is 0 Å². The van der Waals surface area contributed by atoms with Gasteiger partial charge < -0.3 is 14.6 Å². The molecule has 1 aromatic heterocycles. The van der Waals surface area contributed by atoms with Crippen molar-refractivity contribution in [2.45, 2.75) is 13.0 Å². The number of carboxylic acids is 1. The number of rotatable bonds is 5. The number of hydrogen-bond acceptors (Lipinski definition) is 5. The molecule has 0 amide bonds. The van der Waals surface area contributed by atoms with Gasteiger partial charge in [-0.15, -0.1) is 0 Å². The first kappa shape index (κ1) is 16.0. The minimum atomic E-state index is -1.06. The van der Waals surface area contributed by atoms with Crippen molar-refractivity contribution in [3.8, 4) is 17.4 Å². The van der Waals surface area contributed by atoms with Crippen LogP contribution in [0.25, 0.3) is 11.0 Å². The van der Waals surface area contributed by atoms with E-state index in [0.29, 0.717) is 27.6 Å². The number of fused-ring (bicyclic) bond motifs is 1. The van der Waals surface area contributed by atoms with E-state index in [1.165, 1.54) is 13.1 Å². The minimum Gasteiger partial charge on any atom is -0.479 e. The molecule has 2 aromatic carbocycles. The highest BCUT2D eigenvalue weighted by atomic mass is 35.5. The highest BCUT2D eigenvalue weighted by molar-refractivity contribution is 6.31. The summed E-state index contributed by atoms with van der Waals surface area (Å²) in [5.41, 5.74) is 1.29. The van der Waals surface area contributed by atoms with Crippen LogP contribution < -0.4 is 9.47 Å². The maximum Gasteiger partial charge on any atom is 0.344 e. The normalized spacial score (nSPS) is 11.9. The van der Waals surface area contributed by atoms with Crippen molar-refractivity contribution >= 4 is 28.6 Å². The van der Waals surface area contributed by atoms with Crippen molar-refractivity contribution in [2.24, 2.45) is 0 Å². The fourth-order valence-corrected chi connectivity index (χ4v) is 2.17. The topological polar surface area (TPSA) is 81.5 Å². The fraction of sp³-hybridized carbons (Fsp3) is 0.118. The van der Waals surface area contributed by atoms with Crippen LogP contribution >= 0.6 is 11.6 Å². The molecule has 6 nitrogen and oxygen atoms in total. The summed E-state index contributed by atoms with van der Waals surface area (Å²) in [6.07, 6.45) is 0.468. The molecule has 0 bridgehead atoms. The Morgan fingerprint density at radius 1 is 1.17 bits per heavy atom. The Kier molecular flexibility index (Phi) is 4.48. The summed E-state index contributed by atoms with van der Waals surface area (Å²) in [5, 5.41) is 9.54. The Bertz CT molecular complexity index is 901. The molecule has 122 valence electrons. The Balaban J connectivity index is 1.88. The number of benzene rings is 2. The second-order valence-corrected chi connectivity index (χ2v) is 5.42. The molecule has 0 aliphatic carbocycles. The second kappa shape index (κ2) is 6.72. The molecule has 0 spiro atoms. The molecule has 0 aliphatic rings. The van der Waals surface area contributed by atoms with E-state index < -0.39 is 12.1 Å². The van der Waals surface area contributed by atoms with Crippen LogP contribution in [-0.4, -0.2) is 27.1 Å². The Hall–Kier alpha value is -2.86. The molecule has 3 rings (SSSR count). The standard InChI is InChI=1S/C17H13ClN2O4/c1-10(17(21)22)23-14-4-2-3-5-15(14)24-16-9-19-13-8-11(18)6-7-12(13)20-16/h2-10H,1H3,(H,21,22). The van der Waals surface area contributed by atoms with Crippen LogP contribution in [-0.2, 0) is 4.79 Å². The molecule has 0 fully saturated rings. The van der Waals surface area contributed by atoms with Crippen molar-refractivity contribution in [1.82, 2.24) is 9.97 Å². The highest BCUT2D eigenvalue weighted by Gasteiger charge is 2.16. The van der Waals surface area contributed by atoms with Gasteiger partial charge in [0.15, 0.2) is 17.6 Å². The summed E-state index contributed by atoms with van der Waals surface area (Å²) in [6.45, 7) is 1.44. The molecule has 24 heavy (non-hydrogen) atoms. The summed E-state index contributed by atoms with van der Waals surface area (Å²) in [7, 11) is 0. The number of para-hydroxylation sites is 2. The van der Waals surface area contributed by atoms with Gasteiger partial charge in [-0.1, -0.05) is 23.7 Å².